The molecule has 1 aromatic carbocycles. The molecule has 142 valence electrons. The normalized spacial score (nSPS) is 34.4. The van der Waals surface area contributed by atoms with Gasteiger partial charge in [0.1, 0.15) is 5.69 Å². The van der Waals surface area contributed by atoms with Gasteiger partial charge >= 0.3 is 0 Å². The van der Waals surface area contributed by atoms with E-state index in [0.717, 1.165) is 39.3 Å². The average Bonchev–Trinajstić information content (AvgIpc) is 2.82. The Bertz CT molecular complexity index is 848. The third-order valence-electron chi connectivity index (χ3n) is 6.64. The topological polar surface area (TPSA) is 40.5 Å². The van der Waals surface area contributed by atoms with Crippen molar-refractivity contribution in [2.75, 3.05) is 39.3 Å². The van der Waals surface area contributed by atoms with Crippen molar-refractivity contribution in [1.29, 1.82) is 0 Å². The Balaban J connectivity index is 1.53. The highest BCUT2D eigenvalue weighted by atomic mass is 35.5. The van der Waals surface area contributed by atoms with Crippen molar-refractivity contribution in [3.63, 3.8) is 0 Å². The molecule has 27 heavy (non-hydrogen) atoms. The number of nitrogens with one attached hydrogen (secondary N) is 1. The van der Waals surface area contributed by atoms with Gasteiger partial charge in [-0.25, -0.2) is 0 Å². The van der Waals surface area contributed by atoms with Gasteiger partial charge in [-0.2, -0.15) is 0 Å². The van der Waals surface area contributed by atoms with E-state index >= 15 is 0 Å². The van der Waals surface area contributed by atoms with Crippen LogP contribution in [0.25, 0.3) is 0 Å². The van der Waals surface area contributed by atoms with E-state index in [1.807, 2.05) is 11.6 Å². The van der Waals surface area contributed by atoms with Crippen LogP contribution in [-0.4, -0.2) is 65.6 Å². The van der Waals surface area contributed by atoms with E-state index < -0.39 is 0 Å². The van der Waals surface area contributed by atoms with Gasteiger partial charge in [0.2, 0.25) is 0 Å². The summed E-state index contributed by atoms with van der Waals surface area (Å²) in [5, 5.41) is 4.02. The lowest BCUT2D eigenvalue weighted by Crippen LogP contribution is -2.70. The van der Waals surface area contributed by atoms with Crippen LogP contribution < -0.4 is 5.32 Å². The lowest BCUT2D eigenvalue weighted by Gasteiger charge is -2.55. The van der Waals surface area contributed by atoms with Crippen molar-refractivity contribution in [1.82, 2.24) is 19.7 Å². The summed E-state index contributed by atoms with van der Waals surface area (Å²) >= 11 is 6.10. The molecule has 0 aliphatic carbocycles. The summed E-state index contributed by atoms with van der Waals surface area (Å²) in [5.74, 6) is 0.413. The van der Waals surface area contributed by atoms with E-state index in [4.69, 9.17) is 11.6 Å². The van der Waals surface area contributed by atoms with Crippen molar-refractivity contribution < 1.29 is 4.79 Å². The number of halogens is 1. The molecule has 4 saturated heterocycles. The van der Waals surface area contributed by atoms with Crippen molar-refractivity contribution in [2.24, 2.45) is 13.0 Å². The standard InChI is InChI=1S/C21H25ClN4O/c1-24-12-17(22)9-18(24)20(27)23-19-15-10-25-7-8-26(11-15)14-21(19,13-25)16-5-3-2-4-6-16/h2-6,9,12,15,19H,7-8,10-11,13-14H2,1H3,(H,23,27)/t15?,19-,21?/m0/s1. The van der Waals surface area contributed by atoms with Crippen LogP contribution in [0.2, 0.25) is 5.02 Å². The molecule has 2 unspecified atom stereocenters. The van der Waals surface area contributed by atoms with E-state index in [1.165, 1.54) is 5.56 Å². The fraction of sp³-hybridized carbons (Fsp3) is 0.476. The first kappa shape index (κ1) is 17.3. The van der Waals surface area contributed by atoms with Gasteiger partial charge in [-0.15, -0.1) is 0 Å². The van der Waals surface area contributed by atoms with E-state index in [-0.39, 0.29) is 17.4 Å². The second-order valence-corrected chi connectivity index (χ2v) is 8.79. The number of hydrogen-bond acceptors (Lipinski definition) is 3. The monoisotopic (exact) mass is 384 g/mol. The maximum Gasteiger partial charge on any atom is 0.268 e. The molecule has 5 heterocycles. The fourth-order valence-corrected chi connectivity index (χ4v) is 5.78. The zero-order chi connectivity index (χ0) is 18.6. The Morgan fingerprint density at radius 2 is 1.81 bits per heavy atom. The molecule has 3 atom stereocenters. The number of fused-ring (bicyclic) bond motifs is 1. The number of rotatable bonds is 3. The number of benzene rings is 1. The zero-order valence-electron chi connectivity index (χ0n) is 15.6. The summed E-state index contributed by atoms with van der Waals surface area (Å²) < 4.78 is 1.81. The molecule has 4 aliphatic heterocycles. The predicted octanol–water partition coefficient (Wildman–Crippen LogP) is 1.98. The molecule has 0 saturated carbocycles. The molecule has 1 N–H and O–H groups in total. The second-order valence-electron chi connectivity index (χ2n) is 8.36. The van der Waals surface area contributed by atoms with Crippen LogP contribution in [-0.2, 0) is 12.5 Å². The average molecular weight is 385 g/mol. The number of carbonyl (C=O) groups is 1. The number of hydrogen-bond donors (Lipinski definition) is 1. The third kappa shape index (κ3) is 2.80. The highest BCUT2D eigenvalue weighted by Crippen LogP contribution is 2.43. The smallest absolute Gasteiger partial charge is 0.268 e. The SMILES string of the molecule is Cn1cc(Cl)cc1C(=O)N[C@H]1C2CN3CCN(C2)CC1(c1ccccc1)C3. The molecule has 1 aromatic heterocycles. The number of aromatic nitrogens is 1. The molecule has 6 heteroatoms. The summed E-state index contributed by atoms with van der Waals surface area (Å²) in [4.78, 5) is 18.3. The first-order valence-corrected chi connectivity index (χ1v) is 10.1. The van der Waals surface area contributed by atoms with E-state index in [9.17, 15) is 4.79 Å². The number of piperidine rings is 2. The molecule has 4 aliphatic rings. The molecule has 0 spiro atoms. The van der Waals surface area contributed by atoms with Crippen LogP contribution in [0.1, 0.15) is 16.1 Å². The molecule has 6 rings (SSSR count). The lowest BCUT2D eigenvalue weighted by molar-refractivity contribution is 0.0179. The minimum absolute atomic E-state index is 0.0270. The van der Waals surface area contributed by atoms with Gasteiger partial charge in [0.05, 0.1) is 5.02 Å². The van der Waals surface area contributed by atoms with Crippen LogP contribution >= 0.6 is 11.6 Å². The molecule has 0 radical (unpaired) electrons. The summed E-state index contributed by atoms with van der Waals surface area (Å²) in [6.45, 7) is 6.37. The predicted molar refractivity (Wildman–Crippen MR) is 106 cm³/mol. The molecular formula is C21H25ClN4O. The summed E-state index contributed by atoms with van der Waals surface area (Å²) in [5.41, 5.74) is 1.89. The van der Waals surface area contributed by atoms with Gasteiger partial charge in [0, 0.05) is 69.9 Å². The van der Waals surface area contributed by atoms with Gasteiger partial charge in [0.25, 0.3) is 5.91 Å². The van der Waals surface area contributed by atoms with Gasteiger partial charge in [-0.1, -0.05) is 41.9 Å². The van der Waals surface area contributed by atoms with Gasteiger partial charge in [0.15, 0.2) is 0 Å². The molecule has 4 bridgehead atoms. The molecule has 2 aromatic rings. The van der Waals surface area contributed by atoms with Gasteiger partial charge < -0.3 is 19.7 Å². The first-order valence-electron chi connectivity index (χ1n) is 9.68. The second kappa shape index (κ2) is 6.36. The van der Waals surface area contributed by atoms with Gasteiger partial charge in [-0.05, 0) is 11.6 Å². The van der Waals surface area contributed by atoms with Crippen LogP contribution in [0, 0.1) is 5.92 Å². The number of amides is 1. The van der Waals surface area contributed by atoms with E-state index in [2.05, 4.69) is 45.4 Å². The zero-order valence-corrected chi connectivity index (χ0v) is 16.3. The number of carbonyl (C=O) groups excluding carboxylic acids is 1. The highest BCUT2D eigenvalue weighted by molar-refractivity contribution is 6.31. The fourth-order valence-electron chi connectivity index (χ4n) is 5.53. The lowest BCUT2D eigenvalue weighted by atomic mass is 9.64. The Morgan fingerprint density at radius 3 is 2.41 bits per heavy atom. The quantitative estimate of drug-likeness (QED) is 0.879. The molecule has 4 fully saturated rings. The first-order chi connectivity index (χ1) is 13.0. The van der Waals surface area contributed by atoms with Crippen LogP contribution in [0.5, 0.6) is 0 Å². The van der Waals surface area contributed by atoms with Crippen LogP contribution in [0.15, 0.2) is 42.6 Å². The maximum atomic E-state index is 13.1. The minimum atomic E-state index is -0.0659. The summed E-state index contributed by atoms with van der Waals surface area (Å²) in [6.07, 6.45) is 1.78. The number of nitrogens with zero attached hydrogens (tertiary/aromatic N) is 3. The van der Waals surface area contributed by atoms with Crippen molar-refractivity contribution in [3.05, 3.63) is 58.9 Å². The van der Waals surface area contributed by atoms with E-state index in [1.54, 1.807) is 12.3 Å². The third-order valence-corrected chi connectivity index (χ3v) is 6.84. The molecular weight excluding hydrogens is 360 g/mol. The van der Waals surface area contributed by atoms with Crippen molar-refractivity contribution >= 4 is 17.5 Å². The Morgan fingerprint density at radius 1 is 1.15 bits per heavy atom. The maximum absolute atomic E-state index is 13.1. The van der Waals surface area contributed by atoms with Crippen molar-refractivity contribution in [3.8, 4) is 0 Å². The highest BCUT2D eigenvalue weighted by Gasteiger charge is 2.55. The minimum Gasteiger partial charge on any atom is -0.347 e. The van der Waals surface area contributed by atoms with Crippen molar-refractivity contribution in [2.45, 2.75) is 11.5 Å². The largest absolute Gasteiger partial charge is 0.347 e. The Hall–Kier alpha value is -1.82. The molecule has 5 nitrogen and oxygen atoms in total. The Labute approximate surface area is 164 Å². The van der Waals surface area contributed by atoms with Crippen LogP contribution in [0.3, 0.4) is 0 Å². The summed E-state index contributed by atoms with van der Waals surface area (Å²) in [6, 6.07) is 12.6. The van der Waals surface area contributed by atoms with Gasteiger partial charge in [-0.3, -0.25) is 4.79 Å². The van der Waals surface area contributed by atoms with E-state index in [0.29, 0.717) is 16.6 Å². The summed E-state index contributed by atoms with van der Waals surface area (Å²) in [7, 11) is 1.87. The number of aryl methyl sites for hydroxylation is 1. The van der Waals surface area contributed by atoms with Crippen LogP contribution in [0.4, 0.5) is 0 Å². The Kier molecular flexibility index (Phi) is 4.08. The molecule has 1 amide bonds.